The van der Waals surface area contributed by atoms with Gasteiger partial charge in [-0.25, -0.2) is 0 Å². The van der Waals surface area contributed by atoms with E-state index in [0.29, 0.717) is 24.2 Å². The molecule has 266 valence electrons. The number of unbranched alkanes of at least 4 members (excludes halogenated alkanes) is 3. The number of anilines is 2. The van der Waals surface area contributed by atoms with E-state index in [9.17, 15) is 50.4 Å². The highest BCUT2D eigenvalue weighted by atomic mass is 16.7. The van der Waals surface area contributed by atoms with Crippen LogP contribution in [0.2, 0.25) is 0 Å². The summed E-state index contributed by atoms with van der Waals surface area (Å²) in [6.45, 7) is -1.14. The maximum atomic E-state index is 12.4. The Balaban J connectivity index is 1.08. The number of aliphatic hydroxyl groups excluding tert-OH is 8. The number of ether oxygens (including phenoxy) is 4. The molecule has 2 aromatic carbocycles. The molecule has 10 N–H and O–H groups in total. The molecule has 48 heavy (non-hydrogen) atoms. The Kier molecular flexibility index (Phi) is 13.9. The van der Waals surface area contributed by atoms with Gasteiger partial charge in [0.15, 0.2) is 0 Å². The van der Waals surface area contributed by atoms with Gasteiger partial charge < -0.3 is 70.4 Å². The summed E-state index contributed by atoms with van der Waals surface area (Å²) in [6.07, 6.45) is -10.6. The van der Waals surface area contributed by atoms with E-state index in [4.69, 9.17) is 18.9 Å². The molecule has 4 rings (SSSR count). The van der Waals surface area contributed by atoms with E-state index in [-0.39, 0.29) is 36.2 Å². The fourth-order valence-electron chi connectivity index (χ4n) is 5.20. The highest BCUT2D eigenvalue weighted by molar-refractivity contribution is 5.91. The lowest BCUT2D eigenvalue weighted by Crippen LogP contribution is -2.60. The highest BCUT2D eigenvalue weighted by Gasteiger charge is 2.45. The topological polar surface area (TPSA) is 257 Å². The molecule has 2 saturated heterocycles. The molecular formula is C32H44N2O14. The third kappa shape index (κ3) is 10.1. The molecule has 2 amide bonds. The molecule has 2 fully saturated rings. The molecular weight excluding hydrogens is 636 g/mol. The molecule has 0 saturated carbocycles. The lowest BCUT2D eigenvalue weighted by Gasteiger charge is -2.39. The number of hydrogen-bond acceptors (Lipinski definition) is 14. The smallest absolute Gasteiger partial charge is 0.229 e. The van der Waals surface area contributed by atoms with Crippen LogP contribution >= 0.6 is 0 Å². The van der Waals surface area contributed by atoms with E-state index in [2.05, 4.69) is 10.6 Å². The second-order valence-corrected chi connectivity index (χ2v) is 11.7. The molecule has 2 aliphatic rings. The van der Waals surface area contributed by atoms with Crippen LogP contribution in [0.15, 0.2) is 48.5 Å². The SMILES string of the molecule is O=C(CCCCCCC(=O)Nc1ccc(O[C@@H]2O[C@H](CO)[C@H](O)[C@H](O)[C@H]2O)cc1)Nc1ccc(O[C@@H]2O[C@H](CO)[C@H](O)[C@H](O)[C@H]2O)cc1. The molecule has 0 unspecified atom stereocenters. The van der Waals surface area contributed by atoms with Crippen LogP contribution in [-0.2, 0) is 19.1 Å². The fraction of sp³-hybridized carbons (Fsp3) is 0.562. The Morgan fingerprint density at radius 2 is 0.896 bits per heavy atom. The van der Waals surface area contributed by atoms with E-state index < -0.39 is 74.6 Å². The number of aliphatic hydroxyl groups is 8. The first-order valence-corrected chi connectivity index (χ1v) is 15.7. The number of rotatable bonds is 15. The summed E-state index contributed by atoms with van der Waals surface area (Å²) in [5.41, 5.74) is 1.04. The van der Waals surface area contributed by atoms with Crippen LogP contribution in [0, 0.1) is 0 Å². The lowest BCUT2D eigenvalue weighted by molar-refractivity contribution is -0.277. The average Bonchev–Trinajstić information content (AvgIpc) is 3.08. The Bertz CT molecular complexity index is 1200. The summed E-state index contributed by atoms with van der Waals surface area (Å²) in [5.74, 6) is 0.182. The average molecular weight is 681 g/mol. The van der Waals surface area contributed by atoms with E-state index >= 15 is 0 Å². The first kappa shape index (κ1) is 37.4. The summed E-state index contributed by atoms with van der Waals surface area (Å²) in [7, 11) is 0. The van der Waals surface area contributed by atoms with Crippen molar-refractivity contribution in [2.45, 2.75) is 99.9 Å². The highest BCUT2D eigenvalue weighted by Crippen LogP contribution is 2.27. The van der Waals surface area contributed by atoms with E-state index in [1.807, 2.05) is 0 Å². The molecule has 2 heterocycles. The first-order valence-electron chi connectivity index (χ1n) is 15.7. The van der Waals surface area contributed by atoms with Crippen molar-refractivity contribution < 1.29 is 69.4 Å². The summed E-state index contributed by atoms with van der Waals surface area (Å²) in [6, 6.07) is 12.5. The summed E-state index contributed by atoms with van der Waals surface area (Å²) >= 11 is 0. The Morgan fingerprint density at radius 1 is 0.542 bits per heavy atom. The van der Waals surface area contributed by atoms with Crippen molar-refractivity contribution >= 4 is 23.2 Å². The number of carbonyl (C=O) groups excluding carboxylic acids is 2. The minimum atomic E-state index is -1.55. The summed E-state index contributed by atoms with van der Waals surface area (Å²) in [5, 5.41) is 83.9. The maximum Gasteiger partial charge on any atom is 0.229 e. The molecule has 0 spiro atoms. The van der Waals surface area contributed by atoms with Crippen molar-refractivity contribution in [1.82, 2.24) is 0 Å². The third-order valence-corrected chi connectivity index (χ3v) is 8.04. The second-order valence-electron chi connectivity index (χ2n) is 11.7. The monoisotopic (exact) mass is 680 g/mol. The van der Waals surface area contributed by atoms with Gasteiger partial charge >= 0.3 is 0 Å². The molecule has 2 aliphatic heterocycles. The predicted molar refractivity (Wildman–Crippen MR) is 167 cm³/mol. The van der Waals surface area contributed by atoms with Gasteiger partial charge in [-0.15, -0.1) is 0 Å². The van der Waals surface area contributed by atoms with Gasteiger partial charge in [0.05, 0.1) is 13.2 Å². The number of hydrogen-bond donors (Lipinski definition) is 10. The van der Waals surface area contributed by atoms with Crippen LogP contribution in [0.4, 0.5) is 11.4 Å². The molecule has 2 aromatic rings. The Morgan fingerprint density at radius 3 is 1.23 bits per heavy atom. The maximum absolute atomic E-state index is 12.4. The van der Waals surface area contributed by atoms with Gasteiger partial charge in [-0.05, 0) is 61.4 Å². The lowest BCUT2D eigenvalue weighted by atomic mass is 9.99. The third-order valence-electron chi connectivity index (χ3n) is 8.04. The van der Waals surface area contributed by atoms with Gasteiger partial charge in [0.1, 0.15) is 60.3 Å². The van der Waals surface area contributed by atoms with E-state index in [1.54, 1.807) is 24.3 Å². The van der Waals surface area contributed by atoms with Crippen LogP contribution in [-0.4, -0.2) is 127 Å². The van der Waals surface area contributed by atoms with Crippen LogP contribution in [0.3, 0.4) is 0 Å². The number of nitrogens with one attached hydrogen (secondary N) is 2. The Labute approximate surface area is 276 Å². The number of amides is 2. The standard InChI is InChI=1S/C32H44N2O14/c35-15-21-25(39)27(41)29(43)31(47-21)45-19-11-7-17(8-12-19)33-23(37)5-3-1-2-4-6-24(38)34-18-9-13-20(14-10-18)46-32-30(44)28(42)26(40)22(16-36)48-32/h7-14,21-22,25-32,35-36,39-44H,1-6,15-16H2,(H,33,37)(H,34,38)/t21-,22-,25+,26+,27+,28+,29-,30-,31-,32-/m1/s1. The molecule has 0 aromatic heterocycles. The second kappa shape index (κ2) is 17.8. The van der Waals surface area contributed by atoms with Crippen LogP contribution in [0.5, 0.6) is 11.5 Å². The van der Waals surface area contributed by atoms with Gasteiger partial charge in [0.2, 0.25) is 24.4 Å². The van der Waals surface area contributed by atoms with Gasteiger partial charge in [0, 0.05) is 24.2 Å². The zero-order valence-electron chi connectivity index (χ0n) is 26.1. The molecule has 0 radical (unpaired) electrons. The van der Waals surface area contributed by atoms with Crippen LogP contribution < -0.4 is 20.1 Å². The normalized spacial score (nSPS) is 30.3. The molecule has 0 aliphatic carbocycles. The Hall–Kier alpha value is -3.42. The quantitative estimate of drug-likeness (QED) is 0.101. The number of carbonyl (C=O) groups is 2. The van der Waals surface area contributed by atoms with Crippen LogP contribution in [0.25, 0.3) is 0 Å². The van der Waals surface area contributed by atoms with Crippen molar-refractivity contribution in [3.63, 3.8) is 0 Å². The van der Waals surface area contributed by atoms with Crippen molar-refractivity contribution in [3.05, 3.63) is 48.5 Å². The van der Waals surface area contributed by atoms with Crippen LogP contribution in [0.1, 0.15) is 38.5 Å². The van der Waals surface area contributed by atoms with Crippen molar-refractivity contribution in [2.24, 2.45) is 0 Å². The molecule has 0 bridgehead atoms. The molecule has 10 atom stereocenters. The van der Waals surface area contributed by atoms with Gasteiger partial charge in [0.25, 0.3) is 0 Å². The van der Waals surface area contributed by atoms with Crippen molar-refractivity contribution in [2.75, 3.05) is 23.8 Å². The van der Waals surface area contributed by atoms with E-state index in [1.165, 1.54) is 24.3 Å². The molecule has 16 heteroatoms. The van der Waals surface area contributed by atoms with E-state index in [0.717, 1.165) is 12.8 Å². The first-order chi connectivity index (χ1) is 23.0. The minimum Gasteiger partial charge on any atom is -0.462 e. The zero-order chi connectivity index (χ0) is 34.8. The minimum absolute atomic E-state index is 0.186. The number of benzene rings is 2. The van der Waals surface area contributed by atoms with Crippen molar-refractivity contribution in [3.8, 4) is 11.5 Å². The van der Waals surface area contributed by atoms with Gasteiger partial charge in [-0.3, -0.25) is 9.59 Å². The summed E-state index contributed by atoms with van der Waals surface area (Å²) < 4.78 is 21.7. The zero-order valence-corrected chi connectivity index (χ0v) is 26.1. The molecule has 16 nitrogen and oxygen atoms in total. The van der Waals surface area contributed by atoms with Gasteiger partial charge in [-0.1, -0.05) is 12.8 Å². The predicted octanol–water partition coefficient (Wildman–Crippen LogP) is -1.04. The summed E-state index contributed by atoms with van der Waals surface area (Å²) in [4.78, 5) is 24.7. The fourth-order valence-corrected chi connectivity index (χ4v) is 5.20. The van der Waals surface area contributed by atoms with Gasteiger partial charge in [-0.2, -0.15) is 0 Å². The van der Waals surface area contributed by atoms with Crippen molar-refractivity contribution in [1.29, 1.82) is 0 Å². The largest absolute Gasteiger partial charge is 0.462 e.